The quantitative estimate of drug-likeness (QED) is 0.576. The van der Waals surface area contributed by atoms with Crippen LogP contribution in [0.2, 0.25) is 5.02 Å². The van der Waals surface area contributed by atoms with Gasteiger partial charge in [-0.25, -0.2) is 9.59 Å². The van der Waals surface area contributed by atoms with E-state index in [1.807, 2.05) is 12.1 Å². The summed E-state index contributed by atoms with van der Waals surface area (Å²) in [6.07, 6.45) is 6.63. The Morgan fingerprint density at radius 2 is 1.76 bits per heavy atom. The lowest BCUT2D eigenvalue weighted by molar-refractivity contribution is 0.0602. The standard InChI is InChI=1S/C26H32ClN3O3/c1-33-25(31)21-5-2-3-6-22(21)28-26(32)29-23-7-4-8-24(23)30-15-13-19(14-16-30)17-18-9-11-20(27)12-10-18/h2-3,5-6,9-12,19,23-24H,4,7-8,13-17H2,1H3,(H2,28,29,32)/t23-,24-/m1/s1. The maximum atomic E-state index is 12.7. The first-order valence-corrected chi connectivity index (χ1v) is 12.1. The molecule has 6 nitrogen and oxygen atoms in total. The largest absolute Gasteiger partial charge is 0.465 e. The van der Waals surface area contributed by atoms with Crippen LogP contribution in [-0.2, 0) is 11.2 Å². The van der Waals surface area contributed by atoms with Crippen LogP contribution in [0.4, 0.5) is 10.5 Å². The minimum absolute atomic E-state index is 0.114. The highest BCUT2D eigenvalue weighted by molar-refractivity contribution is 6.30. The zero-order valence-electron chi connectivity index (χ0n) is 19.1. The molecule has 2 aromatic carbocycles. The molecule has 2 aromatic rings. The second-order valence-corrected chi connectivity index (χ2v) is 9.49. The minimum atomic E-state index is -0.467. The highest BCUT2D eigenvalue weighted by atomic mass is 35.5. The van der Waals surface area contributed by atoms with Crippen molar-refractivity contribution in [2.45, 2.75) is 50.6 Å². The number of hydrogen-bond acceptors (Lipinski definition) is 4. The average molecular weight is 470 g/mol. The lowest BCUT2D eigenvalue weighted by Gasteiger charge is -2.38. The molecule has 0 bridgehead atoms. The van der Waals surface area contributed by atoms with Crippen molar-refractivity contribution in [3.8, 4) is 0 Å². The van der Waals surface area contributed by atoms with Gasteiger partial charge in [-0.2, -0.15) is 0 Å². The van der Waals surface area contributed by atoms with Crippen LogP contribution < -0.4 is 10.6 Å². The van der Waals surface area contributed by atoms with E-state index in [1.54, 1.807) is 24.3 Å². The molecular weight excluding hydrogens is 438 g/mol. The first-order valence-electron chi connectivity index (χ1n) is 11.8. The van der Waals surface area contributed by atoms with Crippen molar-refractivity contribution in [3.05, 3.63) is 64.7 Å². The number of para-hydroxylation sites is 1. The first kappa shape index (κ1) is 23.6. The number of methoxy groups -OCH3 is 1. The molecule has 1 aliphatic carbocycles. The van der Waals surface area contributed by atoms with Crippen molar-refractivity contribution in [2.24, 2.45) is 5.92 Å². The van der Waals surface area contributed by atoms with Crippen LogP contribution in [0.1, 0.15) is 48.0 Å². The Kier molecular flexibility index (Phi) is 7.89. The van der Waals surface area contributed by atoms with E-state index >= 15 is 0 Å². The molecule has 7 heteroatoms. The van der Waals surface area contributed by atoms with E-state index in [-0.39, 0.29) is 12.1 Å². The zero-order valence-corrected chi connectivity index (χ0v) is 19.8. The number of esters is 1. The average Bonchev–Trinajstić information content (AvgIpc) is 3.29. The van der Waals surface area contributed by atoms with Gasteiger partial charge in [0.2, 0.25) is 0 Å². The first-order chi connectivity index (χ1) is 16.0. The van der Waals surface area contributed by atoms with Crippen molar-refractivity contribution in [2.75, 3.05) is 25.5 Å². The SMILES string of the molecule is COC(=O)c1ccccc1NC(=O)N[C@@H]1CCC[C@H]1N1CCC(Cc2ccc(Cl)cc2)CC1. The van der Waals surface area contributed by atoms with Crippen LogP contribution in [-0.4, -0.2) is 49.2 Å². The third kappa shape index (κ3) is 6.06. The fourth-order valence-electron chi connectivity index (χ4n) is 5.20. The van der Waals surface area contributed by atoms with Crippen LogP contribution in [0, 0.1) is 5.92 Å². The molecule has 2 fully saturated rings. The summed E-state index contributed by atoms with van der Waals surface area (Å²) in [7, 11) is 1.33. The number of carbonyl (C=O) groups excluding carboxylic acids is 2. The van der Waals surface area contributed by atoms with Gasteiger partial charge in [-0.1, -0.05) is 35.9 Å². The van der Waals surface area contributed by atoms with E-state index in [4.69, 9.17) is 16.3 Å². The lowest BCUT2D eigenvalue weighted by atomic mass is 9.89. The van der Waals surface area contributed by atoms with Crippen molar-refractivity contribution < 1.29 is 14.3 Å². The number of hydrogen-bond donors (Lipinski definition) is 2. The van der Waals surface area contributed by atoms with E-state index in [9.17, 15) is 9.59 Å². The minimum Gasteiger partial charge on any atom is -0.465 e. The smallest absolute Gasteiger partial charge is 0.339 e. The fourth-order valence-corrected chi connectivity index (χ4v) is 5.32. The Bertz CT molecular complexity index is 958. The molecule has 33 heavy (non-hydrogen) atoms. The molecule has 1 saturated carbocycles. The van der Waals surface area contributed by atoms with Gasteiger partial charge < -0.3 is 15.4 Å². The van der Waals surface area contributed by atoms with Crippen molar-refractivity contribution in [1.29, 1.82) is 0 Å². The number of likely N-dealkylation sites (tertiary alicyclic amines) is 1. The summed E-state index contributed by atoms with van der Waals surface area (Å²) in [5.74, 6) is 0.222. The molecule has 1 saturated heterocycles. The van der Waals surface area contributed by atoms with Gasteiger partial charge >= 0.3 is 12.0 Å². The van der Waals surface area contributed by atoms with Gasteiger partial charge in [-0.05, 0) is 87.4 Å². The van der Waals surface area contributed by atoms with Crippen LogP contribution in [0.3, 0.4) is 0 Å². The van der Waals surface area contributed by atoms with E-state index in [1.165, 1.54) is 25.5 Å². The normalized spacial score (nSPS) is 21.5. The topological polar surface area (TPSA) is 70.7 Å². The van der Waals surface area contributed by atoms with E-state index in [2.05, 4.69) is 27.7 Å². The molecule has 0 spiro atoms. The molecule has 0 radical (unpaired) electrons. The Morgan fingerprint density at radius 3 is 2.48 bits per heavy atom. The number of amides is 2. The molecule has 2 N–H and O–H groups in total. The van der Waals surface area contributed by atoms with Gasteiger partial charge in [0.25, 0.3) is 0 Å². The fraction of sp³-hybridized carbons (Fsp3) is 0.462. The molecular formula is C26H32ClN3O3. The second-order valence-electron chi connectivity index (χ2n) is 9.05. The third-order valence-corrected chi connectivity index (χ3v) is 7.18. The van der Waals surface area contributed by atoms with Crippen molar-refractivity contribution >= 4 is 29.3 Å². The summed E-state index contributed by atoms with van der Waals surface area (Å²) in [6, 6.07) is 15.3. The van der Waals surface area contributed by atoms with Crippen LogP contribution in [0.5, 0.6) is 0 Å². The molecule has 176 valence electrons. The number of nitrogens with one attached hydrogen (secondary N) is 2. The van der Waals surface area contributed by atoms with E-state index in [0.29, 0.717) is 23.2 Å². The summed E-state index contributed by atoms with van der Waals surface area (Å²) < 4.78 is 4.82. The summed E-state index contributed by atoms with van der Waals surface area (Å²) in [5, 5.41) is 6.78. The third-order valence-electron chi connectivity index (χ3n) is 6.93. The highest BCUT2D eigenvalue weighted by Gasteiger charge is 2.35. The Morgan fingerprint density at radius 1 is 1.03 bits per heavy atom. The van der Waals surface area contributed by atoms with Crippen LogP contribution in [0.25, 0.3) is 0 Å². The van der Waals surface area contributed by atoms with Gasteiger partial charge in [0.1, 0.15) is 0 Å². The number of rotatable bonds is 6. The molecule has 2 aliphatic rings. The number of benzene rings is 2. The van der Waals surface area contributed by atoms with Crippen molar-refractivity contribution in [1.82, 2.24) is 10.2 Å². The number of anilines is 1. The summed E-state index contributed by atoms with van der Waals surface area (Å²) >= 11 is 6.01. The predicted octanol–water partition coefficient (Wildman–Crippen LogP) is 5.12. The summed E-state index contributed by atoms with van der Waals surface area (Å²) in [6.45, 7) is 2.13. The number of halogens is 1. The van der Waals surface area contributed by atoms with Gasteiger partial charge in [0.05, 0.1) is 18.4 Å². The molecule has 1 aliphatic heterocycles. The lowest BCUT2D eigenvalue weighted by Crippen LogP contribution is -2.52. The Balaban J connectivity index is 1.29. The van der Waals surface area contributed by atoms with E-state index in [0.717, 1.165) is 43.8 Å². The summed E-state index contributed by atoms with van der Waals surface area (Å²) in [5.41, 5.74) is 2.16. The van der Waals surface area contributed by atoms with Gasteiger partial charge in [0.15, 0.2) is 0 Å². The van der Waals surface area contributed by atoms with Crippen LogP contribution >= 0.6 is 11.6 Å². The summed E-state index contributed by atoms with van der Waals surface area (Å²) in [4.78, 5) is 27.3. The van der Waals surface area contributed by atoms with Crippen molar-refractivity contribution in [3.63, 3.8) is 0 Å². The van der Waals surface area contributed by atoms with E-state index < -0.39 is 5.97 Å². The Labute approximate surface area is 200 Å². The molecule has 2 atom stereocenters. The van der Waals surface area contributed by atoms with Gasteiger partial charge in [0, 0.05) is 17.1 Å². The second kappa shape index (κ2) is 11.0. The highest BCUT2D eigenvalue weighted by Crippen LogP contribution is 2.30. The molecule has 4 rings (SSSR count). The Hall–Kier alpha value is -2.57. The molecule has 0 unspecified atom stereocenters. The number of urea groups is 1. The number of ether oxygens (including phenoxy) is 1. The van der Waals surface area contributed by atoms with Gasteiger partial charge in [-0.15, -0.1) is 0 Å². The van der Waals surface area contributed by atoms with Gasteiger partial charge in [-0.3, -0.25) is 4.90 Å². The zero-order chi connectivity index (χ0) is 23.2. The maximum absolute atomic E-state index is 12.7. The number of nitrogens with zero attached hydrogens (tertiary/aromatic N) is 1. The van der Waals surface area contributed by atoms with Crippen LogP contribution in [0.15, 0.2) is 48.5 Å². The number of carbonyl (C=O) groups is 2. The molecule has 1 heterocycles. The maximum Gasteiger partial charge on any atom is 0.339 e. The predicted molar refractivity (Wildman–Crippen MR) is 131 cm³/mol. The monoisotopic (exact) mass is 469 g/mol. The number of piperidine rings is 1. The molecule has 2 amide bonds. The molecule has 0 aromatic heterocycles.